The van der Waals surface area contributed by atoms with E-state index in [2.05, 4.69) is 22.5 Å². The van der Waals surface area contributed by atoms with Crippen LogP contribution in [0.4, 0.5) is 25.8 Å². The number of anilines is 3. The normalized spacial score (nSPS) is 18.3. The van der Waals surface area contributed by atoms with E-state index < -0.39 is 5.82 Å². The van der Waals surface area contributed by atoms with E-state index in [9.17, 15) is 13.6 Å². The Hall–Kier alpha value is -2.93. The van der Waals surface area contributed by atoms with Crippen molar-refractivity contribution in [1.82, 2.24) is 4.90 Å². The first-order valence-electron chi connectivity index (χ1n) is 9.40. The highest BCUT2D eigenvalue weighted by Gasteiger charge is 2.24. The highest BCUT2D eigenvalue weighted by atomic mass is 19.1. The van der Waals surface area contributed by atoms with Gasteiger partial charge in [0.25, 0.3) is 5.91 Å². The van der Waals surface area contributed by atoms with Gasteiger partial charge in [0.2, 0.25) is 0 Å². The highest BCUT2D eigenvalue weighted by molar-refractivity contribution is 6.31. The fourth-order valence-corrected chi connectivity index (χ4v) is 3.62. The molecule has 1 amide bonds. The molecule has 5 nitrogen and oxygen atoms in total. The molecule has 2 aliphatic rings. The first-order valence-corrected chi connectivity index (χ1v) is 9.40. The number of piperazine rings is 1. The van der Waals surface area contributed by atoms with Gasteiger partial charge in [0.05, 0.1) is 11.3 Å². The first kappa shape index (κ1) is 18.4. The van der Waals surface area contributed by atoms with E-state index in [4.69, 9.17) is 0 Å². The van der Waals surface area contributed by atoms with Crippen molar-refractivity contribution in [2.24, 2.45) is 0 Å². The number of hydrogen-bond acceptors (Lipinski definition) is 4. The third-order valence-electron chi connectivity index (χ3n) is 5.26. The van der Waals surface area contributed by atoms with Crippen LogP contribution in [0.1, 0.15) is 12.5 Å². The van der Waals surface area contributed by atoms with Gasteiger partial charge < -0.3 is 20.4 Å². The fourth-order valence-electron chi connectivity index (χ4n) is 3.62. The minimum Gasteiger partial charge on any atom is -0.367 e. The number of hydrogen-bond donors (Lipinski definition) is 2. The summed E-state index contributed by atoms with van der Waals surface area (Å²) in [5, 5.41) is 5.64. The Morgan fingerprint density at radius 1 is 1.11 bits per heavy atom. The van der Waals surface area contributed by atoms with Gasteiger partial charge in [-0.2, -0.15) is 0 Å². The largest absolute Gasteiger partial charge is 0.367 e. The second kappa shape index (κ2) is 7.59. The van der Waals surface area contributed by atoms with Gasteiger partial charge in [-0.25, -0.2) is 8.78 Å². The van der Waals surface area contributed by atoms with Crippen molar-refractivity contribution in [3.63, 3.8) is 0 Å². The average Bonchev–Trinajstić information content (AvgIpc) is 3.01. The average molecular weight is 384 g/mol. The molecule has 2 aromatic rings. The third kappa shape index (κ3) is 3.57. The molecule has 1 saturated heterocycles. The molecule has 28 heavy (non-hydrogen) atoms. The smallest absolute Gasteiger partial charge is 0.257 e. The van der Waals surface area contributed by atoms with Crippen LogP contribution in [0.15, 0.2) is 42.6 Å². The van der Waals surface area contributed by atoms with Gasteiger partial charge in [-0.15, -0.1) is 0 Å². The number of carbonyl (C=O) groups excluding carboxylic acids is 1. The molecule has 7 heteroatoms. The number of amides is 1. The summed E-state index contributed by atoms with van der Waals surface area (Å²) in [6.45, 7) is 6.57. The Labute approximate surface area is 162 Å². The lowest BCUT2D eigenvalue weighted by molar-refractivity contribution is -0.110. The third-order valence-corrected chi connectivity index (χ3v) is 5.26. The quantitative estimate of drug-likeness (QED) is 0.792. The van der Waals surface area contributed by atoms with Crippen LogP contribution < -0.4 is 15.5 Å². The zero-order valence-electron chi connectivity index (χ0n) is 15.6. The van der Waals surface area contributed by atoms with Crippen LogP contribution in [0.2, 0.25) is 0 Å². The van der Waals surface area contributed by atoms with Crippen LogP contribution in [-0.4, -0.2) is 43.5 Å². The molecule has 1 fully saturated rings. The Kier molecular flexibility index (Phi) is 5.00. The van der Waals surface area contributed by atoms with Gasteiger partial charge in [0.1, 0.15) is 11.6 Å². The van der Waals surface area contributed by atoms with E-state index in [-0.39, 0.29) is 11.7 Å². The molecule has 2 N–H and O–H groups in total. The van der Waals surface area contributed by atoms with Crippen LogP contribution in [0, 0.1) is 11.6 Å². The van der Waals surface area contributed by atoms with Gasteiger partial charge in [0, 0.05) is 49.3 Å². The number of benzene rings is 2. The lowest BCUT2D eigenvalue weighted by atomic mass is 10.1. The predicted molar refractivity (Wildman–Crippen MR) is 107 cm³/mol. The highest BCUT2D eigenvalue weighted by Crippen LogP contribution is 2.32. The van der Waals surface area contributed by atoms with Crippen molar-refractivity contribution < 1.29 is 13.6 Å². The summed E-state index contributed by atoms with van der Waals surface area (Å²) in [4.78, 5) is 16.5. The van der Waals surface area contributed by atoms with Crippen molar-refractivity contribution in [3.05, 3.63) is 59.8 Å². The Morgan fingerprint density at radius 3 is 2.61 bits per heavy atom. The van der Waals surface area contributed by atoms with E-state index in [0.29, 0.717) is 28.2 Å². The molecule has 0 bridgehead atoms. The lowest BCUT2D eigenvalue weighted by Crippen LogP contribution is -2.46. The molecular weight excluding hydrogens is 362 g/mol. The molecule has 0 atom stereocenters. The molecule has 4 rings (SSSR count). The summed E-state index contributed by atoms with van der Waals surface area (Å²) in [5.41, 5.74) is 2.48. The van der Waals surface area contributed by atoms with Gasteiger partial charge in [0.15, 0.2) is 0 Å². The van der Waals surface area contributed by atoms with Crippen molar-refractivity contribution >= 4 is 28.5 Å². The van der Waals surface area contributed by atoms with Crippen molar-refractivity contribution in [1.29, 1.82) is 0 Å². The monoisotopic (exact) mass is 384 g/mol. The Balaban J connectivity index is 1.50. The molecule has 0 unspecified atom stereocenters. The summed E-state index contributed by atoms with van der Waals surface area (Å²) in [7, 11) is 0. The van der Waals surface area contributed by atoms with Crippen LogP contribution >= 0.6 is 0 Å². The number of likely N-dealkylation sites (N-methyl/N-ethyl adjacent to an activating group) is 1. The minimum atomic E-state index is -0.417. The van der Waals surface area contributed by atoms with Crippen molar-refractivity contribution in [2.75, 3.05) is 48.3 Å². The number of carbonyl (C=O) groups is 1. The maximum atomic E-state index is 14.6. The Bertz CT molecular complexity index is 936. The maximum absolute atomic E-state index is 14.6. The van der Waals surface area contributed by atoms with Crippen LogP contribution in [0.3, 0.4) is 0 Å². The molecule has 0 saturated carbocycles. The summed E-state index contributed by atoms with van der Waals surface area (Å²) < 4.78 is 28.1. The molecular formula is C21H22F2N4O. The summed E-state index contributed by atoms with van der Waals surface area (Å²) >= 11 is 0. The van der Waals surface area contributed by atoms with Crippen molar-refractivity contribution in [2.45, 2.75) is 6.92 Å². The van der Waals surface area contributed by atoms with E-state index in [1.54, 1.807) is 12.1 Å². The van der Waals surface area contributed by atoms with Crippen LogP contribution in [0.25, 0.3) is 5.57 Å². The van der Waals surface area contributed by atoms with Crippen molar-refractivity contribution in [3.8, 4) is 0 Å². The van der Waals surface area contributed by atoms with Crippen LogP contribution in [-0.2, 0) is 4.79 Å². The van der Waals surface area contributed by atoms with E-state index in [1.165, 1.54) is 30.5 Å². The second-order valence-corrected chi connectivity index (χ2v) is 6.93. The Morgan fingerprint density at radius 2 is 1.89 bits per heavy atom. The maximum Gasteiger partial charge on any atom is 0.257 e. The zero-order chi connectivity index (χ0) is 19.7. The van der Waals surface area contributed by atoms with Gasteiger partial charge in [-0.1, -0.05) is 6.92 Å². The van der Waals surface area contributed by atoms with E-state index >= 15 is 0 Å². The zero-order valence-corrected chi connectivity index (χ0v) is 15.6. The number of rotatable bonds is 4. The second-order valence-electron chi connectivity index (χ2n) is 6.93. The van der Waals surface area contributed by atoms with Gasteiger partial charge in [-0.3, -0.25) is 4.79 Å². The molecule has 0 aliphatic carbocycles. The molecule has 146 valence electrons. The number of halogens is 2. The van der Waals surface area contributed by atoms with Gasteiger partial charge in [-0.05, 0) is 42.9 Å². The summed E-state index contributed by atoms with van der Waals surface area (Å²) in [6, 6.07) is 9.07. The number of nitrogens with zero attached hydrogens (tertiary/aromatic N) is 2. The van der Waals surface area contributed by atoms with Gasteiger partial charge >= 0.3 is 0 Å². The molecule has 2 aromatic carbocycles. The molecule has 0 spiro atoms. The van der Waals surface area contributed by atoms with E-state index in [0.717, 1.165) is 32.7 Å². The predicted octanol–water partition coefficient (Wildman–Crippen LogP) is 3.51. The lowest BCUT2D eigenvalue weighted by Gasteiger charge is -2.35. The fraction of sp³-hybridized carbons (Fsp3) is 0.286. The SMILES string of the molecule is CCN1CCN(c2ccc(NC=C3C(=O)Nc4ccc(F)cc43)cc2F)CC1. The van der Waals surface area contributed by atoms with E-state index in [1.807, 2.05) is 4.90 Å². The molecule has 0 radical (unpaired) electrons. The minimum absolute atomic E-state index is 0.310. The first-order chi connectivity index (χ1) is 13.5. The number of fused-ring (bicyclic) bond motifs is 1. The standard InChI is InChI=1S/C21H22F2N4O/c1-2-26-7-9-27(10-8-26)20-6-4-15(12-18(20)23)24-13-17-16-11-14(22)3-5-19(16)25-21(17)28/h3-6,11-13,24H,2,7-10H2,1H3,(H,25,28). The summed E-state index contributed by atoms with van der Waals surface area (Å²) in [6.07, 6.45) is 1.48. The topological polar surface area (TPSA) is 47.6 Å². The van der Waals surface area contributed by atoms with Crippen LogP contribution in [0.5, 0.6) is 0 Å². The number of nitrogens with one attached hydrogen (secondary N) is 2. The molecule has 2 heterocycles. The molecule has 2 aliphatic heterocycles. The summed E-state index contributed by atoms with van der Waals surface area (Å²) in [5.74, 6) is -1.05. The molecule has 0 aromatic heterocycles.